The van der Waals surface area contributed by atoms with Crippen LogP contribution in [0.2, 0.25) is 0 Å². The van der Waals surface area contributed by atoms with E-state index in [1.807, 2.05) is 33.8 Å². The van der Waals surface area contributed by atoms with Crippen LogP contribution in [-0.4, -0.2) is 76.5 Å². The highest BCUT2D eigenvalue weighted by Crippen LogP contribution is 2.68. The molecule has 1 saturated heterocycles. The largest absolute Gasteiger partial charge is 0.491 e. The van der Waals surface area contributed by atoms with Crippen molar-refractivity contribution >= 4 is 30.4 Å². The third-order valence-corrected chi connectivity index (χ3v) is 14.2. The Bertz CT molecular complexity index is 1540. The Labute approximate surface area is 297 Å². The first kappa shape index (κ1) is 36.9. The summed E-state index contributed by atoms with van der Waals surface area (Å²) in [7, 11) is -1.13. The Hall–Kier alpha value is -2.89. The summed E-state index contributed by atoms with van der Waals surface area (Å²) in [6.07, 6.45) is 3.97. The van der Waals surface area contributed by atoms with Gasteiger partial charge < -0.3 is 34.3 Å². The van der Waals surface area contributed by atoms with Crippen LogP contribution in [0.3, 0.4) is 0 Å². The number of carbonyl (C=O) groups excluding carboxylic acids is 2. The molecule has 50 heavy (non-hydrogen) atoms. The molecule has 1 aromatic rings. The van der Waals surface area contributed by atoms with Crippen molar-refractivity contribution in [1.29, 1.82) is 0 Å². The van der Waals surface area contributed by atoms with Gasteiger partial charge in [-0.15, -0.1) is 6.58 Å². The highest BCUT2D eigenvalue weighted by molar-refractivity contribution is 6.61. The van der Waals surface area contributed by atoms with Crippen LogP contribution in [0.4, 0.5) is 4.79 Å². The maximum Gasteiger partial charge on any atom is 0.491 e. The summed E-state index contributed by atoms with van der Waals surface area (Å²) in [6.45, 7) is 18.8. The number of hydrogen-bond donors (Lipinski definition) is 3. The zero-order valence-corrected chi connectivity index (χ0v) is 30.9. The molecule has 0 aromatic heterocycles. The van der Waals surface area contributed by atoms with Crippen LogP contribution >= 0.6 is 0 Å². The van der Waals surface area contributed by atoms with Crippen molar-refractivity contribution in [2.45, 2.75) is 124 Å². The van der Waals surface area contributed by atoms with Gasteiger partial charge in [-0.1, -0.05) is 54.5 Å². The van der Waals surface area contributed by atoms with Gasteiger partial charge in [0, 0.05) is 35.8 Å². The van der Waals surface area contributed by atoms with Gasteiger partial charge in [-0.3, -0.25) is 4.79 Å². The number of carboxylic acid groups (broad SMARTS) is 1. The SMILES string of the molecule is C=C[C@]1(C)C[C@@H](OC(=O)COc2cc3c(c(C4CCN(C(=O)O)C(C(C)(C)C)C4)c2)COB3O)[C@]2(C)[C@H](C)CC[C@]3(CCC(=O)[C@H]32)[C@@H](C)[C@@H]1O. The van der Waals surface area contributed by atoms with Crippen LogP contribution in [0, 0.1) is 39.4 Å². The number of hydrogen-bond acceptors (Lipinski definition) is 8. The van der Waals surface area contributed by atoms with Crippen LogP contribution < -0.4 is 10.2 Å². The Kier molecular flexibility index (Phi) is 9.56. The topological polar surface area (TPSA) is 143 Å². The van der Waals surface area contributed by atoms with Crippen LogP contribution in [0.15, 0.2) is 24.8 Å². The number of amides is 1. The molecule has 0 spiro atoms. The second-order valence-corrected chi connectivity index (χ2v) is 17.7. The molecule has 10 atom stereocenters. The van der Waals surface area contributed by atoms with Crippen molar-refractivity contribution < 1.29 is 43.7 Å². The summed E-state index contributed by atoms with van der Waals surface area (Å²) in [5.41, 5.74) is 0.393. The lowest BCUT2D eigenvalue weighted by Crippen LogP contribution is -2.63. The Morgan fingerprint density at radius 1 is 1.18 bits per heavy atom. The minimum atomic E-state index is -1.13. The predicted molar refractivity (Wildman–Crippen MR) is 189 cm³/mol. The lowest BCUT2D eigenvalue weighted by Gasteiger charge is -2.61. The quantitative estimate of drug-likeness (QED) is 0.201. The van der Waals surface area contributed by atoms with Crippen LogP contribution in [0.1, 0.15) is 110 Å². The van der Waals surface area contributed by atoms with Crippen molar-refractivity contribution in [1.82, 2.24) is 4.90 Å². The number of likely N-dealkylation sites (tertiary alicyclic amines) is 1. The Morgan fingerprint density at radius 2 is 1.90 bits per heavy atom. The molecule has 11 heteroatoms. The van der Waals surface area contributed by atoms with Gasteiger partial charge in [-0.2, -0.15) is 0 Å². The number of esters is 1. The number of aliphatic hydroxyl groups excluding tert-OH is 1. The average molecular weight is 694 g/mol. The van der Waals surface area contributed by atoms with Gasteiger partial charge in [0.15, 0.2) is 6.61 Å². The van der Waals surface area contributed by atoms with Crippen LogP contribution in [-0.2, 0) is 25.6 Å². The average Bonchev–Trinajstić information content (AvgIpc) is 3.63. The van der Waals surface area contributed by atoms with Gasteiger partial charge in [-0.25, -0.2) is 9.59 Å². The number of benzene rings is 1. The number of Topliss-reactive ketones (excluding diaryl/α,β-unsaturated/α-hetero) is 1. The first-order valence-corrected chi connectivity index (χ1v) is 18.5. The van der Waals surface area contributed by atoms with E-state index in [9.17, 15) is 29.6 Å². The van der Waals surface area contributed by atoms with E-state index in [1.165, 1.54) is 4.90 Å². The van der Waals surface area contributed by atoms with Crippen LogP contribution in [0.25, 0.3) is 0 Å². The van der Waals surface area contributed by atoms with Gasteiger partial charge in [0.2, 0.25) is 0 Å². The second-order valence-electron chi connectivity index (χ2n) is 17.7. The van der Waals surface area contributed by atoms with E-state index in [1.54, 1.807) is 12.1 Å². The van der Waals surface area contributed by atoms with E-state index in [-0.39, 0.29) is 59.5 Å². The molecule has 1 aromatic carbocycles. The minimum absolute atomic E-state index is 0.00486. The van der Waals surface area contributed by atoms with E-state index in [4.69, 9.17) is 14.1 Å². The molecule has 6 rings (SSSR count). The van der Waals surface area contributed by atoms with Gasteiger partial charge in [0.1, 0.15) is 17.6 Å². The molecule has 5 aliphatic rings. The third kappa shape index (κ3) is 5.89. The van der Waals surface area contributed by atoms with E-state index < -0.39 is 42.2 Å². The zero-order valence-electron chi connectivity index (χ0n) is 30.9. The van der Waals surface area contributed by atoms with Gasteiger partial charge in [0.05, 0.1) is 12.7 Å². The molecule has 2 bridgehead atoms. The number of aliphatic hydroxyl groups is 1. The van der Waals surface area contributed by atoms with E-state index in [0.29, 0.717) is 43.4 Å². The van der Waals surface area contributed by atoms with Gasteiger partial charge in [-0.05, 0) is 95.8 Å². The number of rotatable bonds is 6. The molecule has 1 amide bonds. The molecule has 2 heterocycles. The smallest absolute Gasteiger partial charge is 0.482 e. The number of ketones is 1. The fourth-order valence-electron chi connectivity index (χ4n) is 10.9. The first-order valence-electron chi connectivity index (χ1n) is 18.5. The van der Waals surface area contributed by atoms with Crippen molar-refractivity contribution in [3.05, 3.63) is 35.9 Å². The normalized spacial score (nSPS) is 38.5. The summed E-state index contributed by atoms with van der Waals surface area (Å²) >= 11 is 0. The third-order valence-electron chi connectivity index (χ3n) is 14.2. The molecule has 0 radical (unpaired) electrons. The highest BCUT2D eigenvalue weighted by atomic mass is 16.6. The van der Waals surface area contributed by atoms with Crippen LogP contribution in [0.5, 0.6) is 5.75 Å². The number of carbonyl (C=O) groups is 3. The molecule has 4 fully saturated rings. The van der Waals surface area contributed by atoms with E-state index in [2.05, 4.69) is 27.4 Å². The molecule has 3 aliphatic carbocycles. The Balaban J connectivity index is 1.26. The molecule has 2 unspecified atom stereocenters. The lowest BCUT2D eigenvalue weighted by atomic mass is 9.44. The van der Waals surface area contributed by atoms with Crippen molar-refractivity contribution in [3.63, 3.8) is 0 Å². The highest BCUT2D eigenvalue weighted by Gasteiger charge is 2.68. The summed E-state index contributed by atoms with van der Waals surface area (Å²) in [5, 5.41) is 32.4. The number of ether oxygens (including phenoxy) is 2. The number of nitrogens with zero attached hydrogens (tertiary/aromatic N) is 1. The molecule has 2 aliphatic heterocycles. The molecule has 10 nitrogen and oxygen atoms in total. The predicted octanol–water partition coefficient (Wildman–Crippen LogP) is 5.46. The lowest BCUT2D eigenvalue weighted by molar-refractivity contribution is -0.207. The molecule has 3 N–H and O–H groups in total. The van der Waals surface area contributed by atoms with Gasteiger partial charge in [0.25, 0.3) is 0 Å². The standard InChI is InChI=1S/C39H56BNO9/c1-9-37(7)19-31(38(8)22(2)10-13-39(23(3)34(37)44)14-11-29(42)33(38)39)50-32(43)21-48-25-17-26(27-20-49-40(47)28(27)18-25)24-12-15-41(35(45)46)30(16-24)36(4,5)6/h9,17-18,22-24,30-31,33-34,44,47H,1,10-16,19-21H2,2-8H3,(H,45,46)/t22-,23+,24?,30?,31-,33+,34+,37-,38+,39+/m1/s1. The molecule has 3 saturated carbocycles. The fraction of sp³-hybridized carbons (Fsp3) is 0.718. The van der Waals surface area contributed by atoms with Crippen molar-refractivity contribution in [2.24, 2.45) is 39.4 Å². The number of fused-ring (bicyclic) bond motifs is 1. The van der Waals surface area contributed by atoms with Gasteiger partial charge >= 0.3 is 19.2 Å². The van der Waals surface area contributed by atoms with E-state index >= 15 is 0 Å². The zero-order chi connectivity index (χ0) is 36.6. The first-order chi connectivity index (χ1) is 23.4. The fourth-order valence-corrected chi connectivity index (χ4v) is 10.9. The van der Waals surface area contributed by atoms with Crippen molar-refractivity contribution in [3.8, 4) is 5.75 Å². The minimum Gasteiger partial charge on any atom is -0.482 e. The van der Waals surface area contributed by atoms with E-state index in [0.717, 1.165) is 30.4 Å². The maximum absolute atomic E-state index is 13.8. The molecule has 274 valence electrons. The monoisotopic (exact) mass is 693 g/mol. The Morgan fingerprint density at radius 3 is 2.56 bits per heavy atom. The van der Waals surface area contributed by atoms with Crippen molar-refractivity contribution in [2.75, 3.05) is 13.2 Å². The summed E-state index contributed by atoms with van der Waals surface area (Å²) in [6, 6.07) is 3.39. The molecular weight excluding hydrogens is 637 g/mol. The number of piperidine rings is 1. The summed E-state index contributed by atoms with van der Waals surface area (Å²) < 4.78 is 18.1. The maximum atomic E-state index is 13.8. The molecular formula is C39H56BNO9. The second kappa shape index (κ2) is 13.0. The summed E-state index contributed by atoms with van der Waals surface area (Å²) in [5.74, 6) is -0.284. The summed E-state index contributed by atoms with van der Waals surface area (Å²) in [4.78, 5) is 41.2.